The van der Waals surface area contributed by atoms with Crippen molar-refractivity contribution in [3.8, 4) is 0 Å². The number of rotatable bonds is 5. The molecule has 0 aliphatic carbocycles. The van der Waals surface area contributed by atoms with E-state index in [-0.39, 0.29) is 23.3 Å². The average Bonchev–Trinajstić information content (AvgIpc) is 2.95. The van der Waals surface area contributed by atoms with Gasteiger partial charge in [-0.25, -0.2) is 8.42 Å². The zero-order chi connectivity index (χ0) is 24.0. The highest BCUT2D eigenvalue weighted by Crippen LogP contribution is 2.43. The molecular weight excluding hydrogens is 462 g/mol. The van der Waals surface area contributed by atoms with Crippen molar-refractivity contribution in [3.05, 3.63) is 53.1 Å². The molecule has 9 heteroatoms. The highest BCUT2D eigenvalue weighted by Gasteiger charge is 2.45. The number of carbonyl (C=O) groups excluding carboxylic acids is 2. The van der Waals surface area contributed by atoms with Gasteiger partial charge in [0.15, 0.2) is 0 Å². The van der Waals surface area contributed by atoms with Crippen LogP contribution in [-0.2, 0) is 25.0 Å². The number of halogens is 1. The van der Waals surface area contributed by atoms with Gasteiger partial charge in [-0.1, -0.05) is 18.5 Å². The number of nitrogens with one attached hydrogen (secondary N) is 1. The second kappa shape index (κ2) is 8.74. The third-order valence-corrected chi connectivity index (χ3v) is 8.51. The lowest BCUT2D eigenvalue weighted by atomic mass is 9.86. The first-order valence-electron chi connectivity index (χ1n) is 11.0. The molecule has 33 heavy (non-hydrogen) atoms. The summed E-state index contributed by atoms with van der Waals surface area (Å²) in [5.74, 6) is -0.283. The molecule has 2 aromatic rings. The van der Waals surface area contributed by atoms with Crippen molar-refractivity contribution in [1.29, 1.82) is 0 Å². The fraction of sp³-hybridized carbons (Fsp3) is 0.417. The predicted octanol–water partition coefficient (Wildman–Crippen LogP) is 4.02. The number of benzene rings is 2. The van der Waals surface area contributed by atoms with Crippen LogP contribution in [0.25, 0.3) is 0 Å². The lowest BCUT2D eigenvalue weighted by molar-refractivity contribution is -0.124. The average molecular weight is 490 g/mol. The van der Waals surface area contributed by atoms with Crippen LogP contribution in [0.4, 0.5) is 11.4 Å². The third kappa shape index (κ3) is 4.52. The molecule has 0 bridgehead atoms. The molecule has 2 aromatic carbocycles. The minimum Gasteiger partial charge on any atom is -0.325 e. The Morgan fingerprint density at radius 2 is 1.88 bits per heavy atom. The fourth-order valence-corrected chi connectivity index (χ4v) is 6.27. The van der Waals surface area contributed by atoms with Gasteiger partial charge in [0.1, 0.15) is 6.54 Å². The molecule has 0 spiro atoms. The van der Waals surface area contributed by atoms with Crippen LogP contribution < -0.4 is 10.2 Å². The maximum atomic E-state index is 13.3. The minimum absolute atomic E-state index is 0.173. The smallest absolute Gasteiger partial charge is 0.244 e. The van der Waals surface area contributed by atoms with E-state index in [2.05, 4.69) is 12.2 Å². The van der Waals surface area contributed by atoms with Crippen LogP contribution in [0.5, 0.6) is 0 Å². The Hall–Kier alpha value is -2.42. The molecule has 0 aromatic heterocycles. The highest BCUT2D eigenvalue weighted by atomic mass is 35.5. The predicted molar refractivity (Wildman–Crippen MR) is 129 cm³/mol. The van der Waals surface area contributed by atoms with E-state index >= 15 is 0 Å². The molecule has 1 fully saturated rings. The van der Waals surface area contributed by atoms with Gasteiger partial charge < -0.3 is 10.2 Å². The summed E-state index contributed by atoms with van der Waals surface area (Å²) >= 11 is 5.88. The summed E-state index contributed by atoms with van der Waals surface area (Å²) in [6, 6.07) is 11.5. The molecule has 176 valence electrons. The molecule has 1 atom stereocenters. The number of hydrogen-bond acceptors (Lipinski definition) is 4. The SMILES string of the molecule is CC1CCCN(S(=O)(=O)c2ccc3c(c2)C(C)(C)C(=O)N3CC(=O)Nc2ccc(Cl)cc2)C1. The van der Waals surface area contributed by atoms with Crippen molar-refractivity contribution in [2.24, 2.45) is 5.92 Å². The summed E-state index contributed by atoms with van der Waals surface area (Å²) in [6.07, 6.45) is 1.86. The van der Waals surface area contributed by atoms with Gasteiger partial charge in [0.25, 0.3) is 0 Å². The Kier molecular flexibility index (Phi) is 6.28. The van der Waals surface area contributed by atoms with Gasteiger partial charge in [-0.2, -0.15) is 4.31 Å². The molecule has 1 saturated heterocycles. The van der Waals surface area contributed by atoms with Gasteiger partial charge in [0.05, 0.1) is 10.3 Å². The largest absolute Gasteiger partial charge is 0.325 e. The fourth-order valence-electron chi connectivity index (χ4n) is 4.52. The van der Waals surface area contributed by atoms with Crippen LogP contribution in [0.15, 0.2) is 47.4 Å². The lowest BCUT2D eigenvalue weighted by Gasteiger charge is -2.30. The molecule has 7 nitrogen and oxygen atoms in total. The zero-order valence-corrected chi connectivity index (χ0v) is 20.5. The first kappa shape index (κ1) is 23.7. The maximum absolute atomic E-state index is 13.3. The summed E-state index contributed by atoms with van der Waals surface area (Å²) in [7, 11) is -3.66. The van der Waals surface area contributed by atoms with Crippen LogP contribution in [0.1, 0.15) is 39.2 Å². The molecule has 2 aliphatic rings. The Morgan fingerprint density at radius 1 is 1.18 bits per heavy atom. The molecule has 4 rings (SSSR count). The van der Waals surface area contributed by atoms with Gasteiger partial charge in [0, 0.05) is 29.5 Å². The normalized spacial score (nSPS) is 20.5. The van der Waals surface area contributed by atoms with E-state index in [4.69, 9.17) is 11.6 Å². The number of hydrogen-bond donors (Lipinski definition) is 1. The minimum atomic E-state index is -3.66. The summed E-state index contributed by atoms with van der Waals surface area (Å²) in [5, 5.41) is 3.32. The van der Waals surface area contributed by atoms with E-state index < -0.39 is 15.4 Å². The van der Waals surface area contributed by atoms with Crippen molar-refractivity contribution in [2.45, 2.75) is 43.9 Å². The monoisotopic (exact) mass is 489 g/mol. The van der Waals surface area contributed by atoms with Crippen LogP contribution >= 0.6 is 11.6 Å². The Balaban J connectivity index is 1.59. The van der Waals surface area contributed by atoms with E-state index in [0.717, 1.165) is 12.8 Å². The second-order valence-corrected chi connectivity index (χ2v) is 11.7. The lowest BCUT2D eigenvalue weighted by Crippen LogP contribution is -2.40. The first-order chi connectivity index (χ1) is 15.5. The summed E-state index contributed by atoms with van der Waals surface area (Å²) in [4.78, 5) is 27.4. The van der Waals surface area contributed by atoms with Gasteiger partial charge in [-0.15, -0.1) is 0 Å². The van der Waals surface area contributed by atoms with E-state index in [9.17, 15) is 18.0 Å². The molecule has 1 N–H and O–H groups in total. The van der Waals surface area contributed by atoms with Crippen molar-refractivity contribution in [1.82, 2.24) is 4.31 Å². The first-order valence-corrected chi connectivity index (χ1v) is 12.8. The summed E-state index contributed by atoms with van der Waals surface area (Å²) in [6.45, 7) is 6.39. The topological polar surface area (TPSA) is 86.8 Å². The van der Waals surface area contributed by atoms with Gasteiger partial charge in [0.2, 0.25) is 21.8 Å². The van der Waals surface area contributed by atoms with Crippen LogP contribution in [0.2, 0.25) is 5.02 Å². The zero-order valence-electron chi connectivity index (χ0n) is 19.0. The number of anilines is 2. The number of sulfonamides is 1. The highest BCUT2D eigenvalue weighted by molar-refractivity contribution is 7.89. The number of nitrogens with zero attached hydrogens (tertiary/aromatic N) is 2. The Morgan fingerprint density at radius 3 is 2.55 bits per heavy atom. The quantitative estimate of drug-likeness (QED) is 0.687. The van der Waals surface area contributed by atoms with Crippen LogP contribution in [0, 0.1) is 5.92 Å². The van der Waals surface area contributed by atoms with E-state index in [1.54, 1.807) is 50.2 Å². The van der Waals surface area contributed by atoms with Crippen molar-refractivity contribution < 1.29 is 18.0 Å². The molecule has 2 aliphatic heterocycles. The van der Waals surface area contributed by atoms with E-state index in [1.165, 1.54) is 15.3 Å². The van der Waals surface area contributed by atoms with Gasteiger partial charge in [-0.05, 0) is 80.6 Å². The molecule has 2 amide bonds. The third-order valence-electron chi connectivity index (χ3n) is 6.40. The Bertz CT molecular complexity index is 1190. The number of piperidine rings is 1. The van der Waals surface area contributed by atoms with Gasteiger partial charge in [-0.3, -0.25) is 9.59 Å². The molecular formula is C24H28ClN3O4S. The summed E-state index contributed by atoms with van der Waals surface area (Å²) in [5.41, 5.74) is 0.796. The van der Waals surface area contributed by atoms with E-state index in [0.29, 0.717) is 41.0 Å². The van der Waals surface area contributed by atoms with Crippen LogP contribution in [-0.4, -0.2) is 44.2 Å². The number of amides is 2. The van der Waals surface area contributed by atoms with E-state index in [1.807, 2.05) is 0 Å². The van der Waals surface area contributed by atoms with Gasteiger partial charge >= 0.3 is 0 Å². The number of fused-ring (bicyclic) bond motifs is 1. The number of carbonyl (C=O) groups is 2. The Labute approximate surface area is 199 Å². The molecule has 2 heterocycles. The second-order valence-electron chi connectivity index (χ2n) is 9.36. The molecule has 0 saturated carbocycles. The summed E-state index contributed by atoms with van der Waals surface area (Å²) < 4.78 is 28.1. The van der Waals surface area contributed by atoms with Crippen molar-refractivity contribution in [3.63, 3.8) is 0 Å². The van der Waals surface area contributed by atoms with Crippen molar-refractivity contribution >= 4 is 44.8 Å². The van der Waals surface area contributed by atoms with Crippen LogP contribution in [0.3, 0.4) is 0 Å². The maximum Gasteiger partial charge on any atom is 0.244 e. The van der Waals surface area contributed by atoms with Crippen molar-refractivity contribution in [2.75, 3.05) is 29.9 Å². The molecule has 0 radical (unpaired) electrons. The standard InChI is InChI=1S/C24H28ClN3O4S/c1-16-5-4-12-27(14-16)33(31,32)19-10-11-21-20(13-19)24(2,3)23(30)28(21)15-22(29)26-18-8-6-17(25)7-9-18/h6-11,13,16H,4-5,12,14-15H2,1-3H3,(H,26,29). The molecule has 1 unspecified atom stereocenters.